The number of carbonyl (C=O) groups is 1. The molecule has 0 N–H and O–H groups in total. The second-order valence-corrected chi connectivity index (χ2v) is 5.10. The van der Waals surface area contributed by atoms with Crippen LogP contribution in [-0.2, 0) is 0 Å². The molecule has 0 fully saturated rings. The Morgan fingerprint density at radius 2 is 1.71 bits per heavy atom. The fourth-order valence-corrected chi connectivity index (χ4v) is 2.70. The van der Waals surface area contributed by atoms with Gasteiger partial charge in [-0.25, -0.2) is 4.39 Å². The van der Waals surface area contributed by atoms with Gasteiger partial charge in [-0.05, 0) is 61.0 Å². The second-order valence-electron chi connectivity index (χ2n) is 4.19. The summed E-state index contributed by atoms with van der Waals surface area (Å²) in [6.07, 6.45) is 0. The largest absolute Gasteiger partial charge is 0.288 e. The molecule has 3 heteroatoms. The van der Waals surface area contributed by atoms with Crippen LogP contribution in [0.25, 0.3) is 0 Å². The van der Waals surface area contributed by atoms with Crippen molar-refractivity contribution in [1.82, 2.24) is 0 Å². The number of thiophene rings is 1. The Kier molecular flexibility index (Phi) is 3.11. The van der Waals surface area contributed by atoms with Crippen LogP contribution in [0.2, 0.25) is 0 Å². The summed E-state index contributed by atoms with van der Waals surface area (Å²) in [6, 6.07) is 5.15. The van der Waals surface area contributed by atoms with Crippen LogP contribution < -0.4 is 0 Å². The van der Waals surface area contributed by atoms with E-state index >= 15 is 0 Å². The number of aryl methyl sites for hydroxylation is 3. The van der Waals surface area contributed by atoms with Crippen molar-refractivity contribution in [1.29, 1.82) is 0 Å². The van der Waals surface area contributed by atoms with Gasteiger partial charge in [0.15, 0.2) is 0 Å². The van der Waals surface area contributed by atoms with E-state index in [0.717, 1.165) is 10.4 Å². The average Bonchev–Trinajstić information content (AvgIpc) is 2.70. The van der Waals surface area contributed by atoms with E-state index in [2.05, 4.69) is 0 Å². The van der Waals surface area contributed by atoms with Crippen molar-refractivity contribution in [2.75, 3.05) is 0 Å². The molecular weight excluding hydrogens is 235 g/mol. The summed E-state index contributed by atoms with van der Waals surface area (Å²) in [5, 5.41) is 1.89. The predicted octanol–water partition coefficient (Wildman–Crippen LogP) is 4.04. The van der Waals surface area contributed by atoms with Crippen LogP contribution in [0.1, 0.15) is 31.9 Å². The lowest BCUT2D eigenvalue weighted by Gasteiger charge is -2.05. The first-order valence-corrected chi connectivity index (χ1v) is 6.24. The number of halogens is 1. The van der Waals surface area contributed by atoms with Gasteiger partial charge in [-0.2, -0.15) is 0 Å². The molecule has 88 valence electrons. The van der Waals surface area contributed by atoms with E-state index in [-0.39, 0.29) is 11.6 Å². The Hall–Kier alpha value is -1.48. The summed E-state index contributed by atoms with van der Waals surface area (Å²) in [6.45, 7) is 5.27. The monoisotopic (exact) mass is 248 g/mol. The average molecular weight is 248 g/mol. The Morgan fingerprint density at radius 3 is 2.18 bits per heavy atom. The summed E-state index contributed by atoms with van der Waals surface area (Å²) in [5.41, 5.74) is 2.57. The van der Waals surface area contributed by atoms with Crippen LogP contribution in [0.5, 0.6) is 0 Å². The van der Waals surface area contributed by atoms with E-state index in [9.17, 15) is 9.18 Å². The quantitative estimate of drug-likeness (QED) is 0.733. The summed E-state index contributed by atoms with van der Waals surface area (Å²) in [4.78, 5) is 13.0. The molecule has 0 radical (unpaired) electrons. The number of hydrogen-bond donors (Lipinski definition) is 0. The molecule has 2 rings (SSSR count). The van der Waals surface area contributed by atoms with Gasteiger partial charge in [-0.15, -0.1) is 11.3 Å². The summed E-state index contributed by atoms with van der Waals surface area (Å²) >= 11 is 1.43. The van der Waals surface area contributed by atoms with E-state index in [4.69, 9.17) is 0 Å². The third-order valence-electron chi connectivity index (χ3n) is 2.77. The third kappa shape index (κ3) is 2.15. The molecule has 0 aliphatic heterocycles. The van der Waals surface area contributed by atoms with Crippen molar-refractivity contribution >= 4 is 17.1 Å². The van der Waals surface area contributed by atoms with Crippen LogP contribution in [0.15, 0.2) is 23.6 Å². The molecule has 0 aliphatic carbocycles. The van der Waals surface area contributed by atoms with Crippen LogP contribution >= 0.6 is 11.3 Å². The highest BCUT2D eigenvalue weighted by Crippen LogP contribution is 2.22. The molecule has 0 spiro atoms. The molecular formula is C14H13FOS. The summed E-state index contributed by atoms with van der Waals surface area (Å²) in [5.74, 6) is -0.256. The molecule has 1 nitrogen and oxygen atoms in total. The van der Waals surface area contributed by atoms with E-state index in [0.29, 0.717) is 16.7 Å². The normalized spacial score (nSPS) is 10.6. The molecule has 0 amide bonds. The number of hydrogen-bond acceptors (Lipinski definition) is 2. The summed E-state index contributed by atoms with van der Waals surface area (Å²) < 4.78 is 13.5. The number of ketones is 1. The van der Waals surface area contributed by atoms with Gasteiger partial charge < -0.3 is 0 Å². The van der Waals surface area contributed by atoms with Gasteiger partial charge >= 0.3 is 0 Å². The maximum atomic E-state index is 13.5. The minimum absolute atomic E-state index is 0.0244. The SMILES string of the molecule is Cc1ccsc1C(=O)c1cc(C)c(F)c(C)c1. The first kappa shape index (κ1) is 12.0. The lowest BCUT2D eigenvalue weighted by molar-refractivity contribution is 0.104. The Balaban J connectivity index is 2.49. The minimum atomic E-state index is -0.232. The molecule has 1 heterocycles. The smallest absolute Gasteiger partial charge is 0.203 e. The fraction of sp³-hybridized carbons (Fsp3) is 0.214. The molecule has 17 heavy (non-hydrogen) atoms. The topological polar surface area (TPSA) is 17.1 Å². The molecule has 1 aromatic carbocycles. The van der Waals surface area contributed by atoms with Crippen molar-refractivity contribution in [2.24, 2.45) is 0 Å². The first-order chi connectivity index (χ1) is 8.00. The zero-order chi connectivity index (χ0) is 12.6. The lowest BCUT2D eigenvalue weighted by Crippen LogP contribution is -2.03. The van der Waals surface area contributed by atoms with Crippen LogP contribution in [0.4, 0.5) is 4.39 Å². The molecule has 2 aromatic rings. The third-order valence-corrected chi connectivity index (χ3v) is 3.78. The second kappa shape index (κ2) is 4.41. The van der Waals surface area contributed by atoms with Gasteiger partial charge in [0.1, 0.15) is 5.82 Å². The van der Waals surface area contributed by atoms with Crippen LogP contribution in [-0.4, -0.2) is 5.78 Å². The van der Waals surface area contributed by atoms with Gasteiger partial charge in [0.05, 0.1) is 4.88 Å². The molecule has 0 aliphatic rings. The number of carbonyl (C=O) groups excluding carboxylic acids is 1. The maximum absolute atomic E-state index is 13.5. The van der Waals surface area contributed by atoms with E-state index in [1.54, 1.807) is 26.0 Å². The van der Waals surface area contributed by atoms with Crippen molar-refractivity contribution in [3.8, 4) is 0 Å². The summed E-state index contributed by atoms with van der Waals surface area (Å²) in [7, 11) is 0. The molecule has 0 unspecified atom stereocenters. The highest BCUT2D eigenvalue weighted by Gasteiger charge is 2.15. The molecule has 0 saturated carbocycles. The van der Waals surface area contributed by atoms with Gasteiger partial charge in [0.2, 0.25) is 5.78 Å². The fourth-order valence-electron chi connectivity index (χ4n) is 1.81. The van der Waals surface area contributed by atoms with Crippen molar-refractivity contribution in [3.63, 3.8) is 0 Å². The zero-order valence-electron chi connectivity index (χ0n) is 10.0. The molecule has 0 saturated heterocycles. The number of benzene rings is 1. The van der Waals surface area contributed by atoms with E-state index in [1.807, 2.05) is 18.4 Å². The van der Waals surface area contributed by atoms with Gasteiger partial charge in [-0.1, -0.05) is 0 Å². The number of rotatable bonds is 2. The zero-order valence-corrected chi connectivity index (χ0v) is 10.8. The van der Waals surface area contributed by atoms with Crippen LogP contribution in [0.3, 0.4) is 0 Å². The van der Waals surface area contributed by atoms with Crippen LogP contribution in [0, 0.1) is 26.6 Å². The lowest BCUT2D eigenvalue weighted by atomic mass is 10.0. The van der Waals surface area contributed by atoms with Gasteiger partial charge in [0, 0.05) is 5.56 Å². The van der Waals surface area contributed by atoms with E-state index in [1.165, 1.54) is 11.3 Å². The van der Waals surface area contributed by atoms with Gasteiger partial charge in [-0.3, -0.25) is 4.79 Å². The Morgan fingerprint density at radius 1 is 1.12 bits per heavy atom. The molecule has 1 aromatic heterocycles. The van der Waals surface area contributed by atoms with Gasteiger partial charge in [0.25, 0.3) is 0 Å². The maximum Gasteiger partial charge on any atom is 0.203 e. The van der Waals surface area contributed by atoms with Crippen molar-refractivity contribution < 1.29 is 9.18 Å². The minimum Gasteiger partial charge on any atom is -0.288 e. The predicted molar refractivity (Wildman–Crippen MR) is 68.4 cm³/mol. The first-order valence-electron chi connectivity index (χ1n) is 5.36. The standard InChI is InChI=1S/C14H13FOS/c1-8-4-5-17-14(8)13(16)11-6-9(2)12(15)10(3)7-11/h4-7H,1-3H3. The van der Waals surface area contributed by atoms with E-state index < -0.39 is 0 Å². The Labute approximate surface area is 104 Å². The highest BCUT2D eigenvalue weighted by molar-refractivity contribution is 7.12. The Bertz CT molecular complexity index is 561. The molecule has 0 atom stereocenters. The van der Waals surface area contributed by atoms with Crippen molar-refractivity contribution in [2.45, 2.75) is 20.8 Å². The highest BCUT2D eigenvalue weighted by atomic mass is 32.1. The van der Waals surface area contributed by atoms with Crippen molar-refractivity contribution in [3.05, 3.63) is 56.5 Å². The molecule has 0 bridgehead atoms.